The van der Waals surface area contributed by atoms with E-state index in [1.807, 2.05) is 37.3 Å². The molecule has 7 heteroatoms. The predicted molar refractivity (Wildman–Crippen MR) is 90.7 cm³/mol. The Morgan fingerprint density at radius 2 is 2.16 bits per heavy atom. The second-order valence-electron chi connectivity index (χ2n) is 6.26. The summed E-state index contributed by atoms with van der Waals surface area (Å²) >= 11 is 0. The molecule has 1 aromatic carbocycles. The molecule has 1 aliphatic heterocycles. The van der Waals surface area contributed by atoms with Crippen molar-refractivity contribution in [2.75, 3.05) is 0 Å². The molecule has 0 spiro atoms. The van der Waals surface area contributed by atoms with Gasteiger partial charge in [0.25, 0.3) is 0 Å². The van der Waals surface area contributed by atoms with Gasteiger partial charge in [0, 0.05) is 24.6 Å². The Balaban J connectivity index is 1.37. The lowest BCUT2D eigenvalue weighted by atomic mass is 10.1. The summed E-state index contributed by atoms with van der Waals surface area (Å²) in [5.74, 6) is 2.36. The second kappa shape index (κ2) is 6.51. The highest BCUT2D eigenvalue weighted by Gasteiger charge is 2.23. The molecule has 1 atom stereocenters. The summed E-state index contributed by atoms with van der Waals surface area (Å²) in [5.41, 5.74) is 1.53. The largest absolute Gasteiger partial charge is 0.444 e. The highest BCUT2D eigenvalue weighted by molar-refractivity contribution is 5.78. The number of aryl methyl sites for hydroxylation is 2. The molecule has 128 valence electrons. The van der Waals surface area contributed by atoms with Crippen molar-refractivity contribution in [2.24, 2.45) is 0 Å². The number of benzene rings is 1. The Labute approximate surface area is 145 Å². The minimum Gasteiger partial charge on any atom is -0.444 e. The maximum atomic E-state index is 12.3. The number of carbonyl (C=O) groups excluding carboxylic acids is 1. The molecular weight excluding hydrogens is 318 g/mol. The van der Waals surface area contributed by atoms with Crippen molar-refractivity contribution in [3.05, 3.63) is 53.9 Å². The third-order valence-corrected chi connectivity index (χ3v) is 4.41. The number of fused-ring (bicyclic) bond motifs is 1. The van der Waals surface area contributed by atoms with Crippen LogP contribution in [0.4, 0.5) is 0 Å². The van der Waals surface area contributed by atoms with E-state index in [0.717, 1.165) is 30.1 Å². The molecule has 0 unspecified atom stereocenters. The number of oxazole rings is 1. The van der Waals surface area contributed by atoms with E-state index in [1.165, 1.54) is 0 Å². The van der Waals surface area contributed by atoms with Crippen molar-refractivity contribution in [3.63, 3.8) is 0 Å². The molecule has 3 aromatic rings. The topological polar surface area (TPSA) is 85.8 Å². The summed E-state index contributed by atoms with van der Waals surface area (Å²) in [6, 6.07) is 9.74. The molecule has 3 heterocycles. The molecule has 1 aliphatic rings. The number of carbonyl (C=O) groups is 1. The first kappa shape index (κ1) is 15.6. The van der Waals surface area contributed by atoms with Crippen molar-refractivity contribution in [3.8, 4) is 11.5 Å². The number of nitrogens with one attached hydrogen (secondary N) is 1. The second-order valence-corrected chi connectivity index (χ2v) is 6.26. The first-order valence-electron chi connectivity index (χ1n) is 8.37. The van der Waals surface area contributed by atoms with Crippen LogP contribution in [0.3, 0.4) is 0 Å². The lowest BCUT2D eigenvalue weighted by Crippen LogP contribution is -2.41. The van der Waals surface area contributed by atoms with Gasteiger partial charge >= 0.3 is 0 Å². The van der Waals surface area contributed by atoms with Gasteiger partial charge in [0.05, 0.1) is 12.1 Å². The standard InChI is InChI=1S/C18H19N5O2/c1-12-21-22-16-8-7-14(10-23(12)16)19-17(24)9-15-11-25-18(20-15)13-5-3-2-4-6-13/h2-6,11,14H,7-10H2,1H3,(H,19,24)/t14-/m1/s1. The number of rotatable bonds is 4. The van der Waals surface area contributed by atoms with Crippen LogP contribution >= 0.6 is 0 Å². The monoisotopic (exact) mass is 337 g/mol. The first-order valence-corrected chi connectivity index (χ1v) is 8.37. The molecule has 0 fully saturated rings. The molecule has 0 bridgehead atoms. The van der Waals surface area contributed by atoms with Crippen LogP contribution < -0.4 is 5.32 Å². The van der Waals surface area contributed by atoms with Gasteiger partial charge in [-0.2, -0.15) is 0 Å². The average molecular weight is 337 g/mol. The van der Waals surface area contributed by atoms with Gasteiger partial charge in [-0.15, -0.1) is 10.2 Å². The Morgan fingerprint density at radius 1 is 1.32 bits per heavy atom. The fourth-order valence-corrected chi connectivity index (χ4v) is 3.12. The zero-order chi connectivity index (χ0) is 17.2. The minimum absolute atomic E-state index is 0.0490. The van der Waals surface area contributed by atoms with E-state index in [-0.39, 0.29) is 18.4 Å². The van der Waals surface area contributed by atoms with Gasteiger partial charge in [-0.1, -0.05) is 18.2 Å². The van der Waals surface area contributed by atoms with Crippen molar-refractivity contribution >= 4 is 5.91 Å². The van der Waals surface area contributed by atoms with Crippen molar-refractivity contribution in [2.45, 2.75) is 38.8 Å². The Morgan fingerprint density at radius 3 is 3.00 bits per heavy atom. The SMILES string of the molecule is Cc1nnc2n1C[C@H](NC(=O)Cc1coc(-c3ccccc3)n1)CC2. The van der Waals surface area contributed by atoms with E-state index in [0.29, 0.717) is 18.1 Å². The zero-order valence-corrected chi connectivity index (χ0v) is 14.0. The molecule has 4 rings (SSSR count). The molecular formula is C18H19N5O2. The van der Waals surface area contributed by atoms with Gasteiger partial charge in [0.2, 0.25) is 11.8 Å². The Bertz CT molecular complexity index is 884. The summed E-state index contributed by atoms with van der Waals surface area (Å²) in [7, 11) is 0. The number of hydrogen-bond acceptors (Lipinski definition) is 5. The van der Waals surface area contributed by atoms with Gasteiger partial charge < -0.3 is 14.3 Å². The smallest absolute Gasteiger partial charge is 0.226 e. The van der Waals surface area contributed by atoms with Crippen LogP contribution in [0.25, 0.3) is 11.5 Å². The van der Waals surface area contributed by atoms with Gasteiger partial charge in [0.15, 0.2) is 0 Å². The summed E-state index contributed by atoms with van der Waals surface area (Å²) < 4.78 is 7.55. The summed E-state index contributed by atoms with van der Waals surface area (Å²) in [6.45, 7) is 2.65. The summed E-state index contributed by atoms with van der Waals surface area (Å²) in [6.07, 6.45) is 3.46. The zero-order valence-electron chi connectivity index (χ0n) is 14.0. The lowest BCUT2D eigenvalue weighted by Gasteiger charge is -2.24. The average Bonchev–Trinajstić information content (AvgIpc) is 3.23. The Hall–Kier alpha value is -2.96. The number of amides is 1. The third-order valence-electron chi connectivity index (χ3n) is 4.41. The molecule has 25 heavy (non-hydrogen) atoms. The minimum atomic E-state index is -0.0490. The molecule has 1 amide bonds. The van der Waals surface area contributed by atoms with E-state index in [2.05, 4.69) is 25.1 Å². The van der Waals surface area contributed by atoms with Gasteiger partial charge in [-0.3, -0.25) is 4.79 Å². The molecule has 0 saturated heterocycles. The first-order chi connectivity index (χ1) is 12.2. The van der Waals surface area contributed by atoms with Crippen LogP contribution in [0, 0.1) is 6.92 Å². The van der Waals surface area contributed by atoms with Gasteiger partial charge in [-0.05, 0) is 25.5 Å². The van der Waals surface area contributed by atoms with Gasteiger partial charge in [0.1, 0.15) is 17.9 Å². The lowest BCUT2D eigenvalue weighted by molar-refractivity contribution is -0.121. The summed E-state index contributed by atoms with van der Waals surface area (Å²) in [5, 5.41) is 11.3. The predicted octanol–water partition coefficient (Wildman–Crippen LogP) is 1.92. The van der Waals surface area contributed by atoms with Crippen LogP contribution in [0.1, 0.15) is 23.8 Å². The van der Waals surface area contributed by atoms with E-state index in [1.54, 1.807) is 6.26 Å². The van der Waals surface area contributed by atoms with Crippen LogP contribution in [-0.2, 0) is 24.2 Å². The van der Waals surface area contributed by atoms with Crippen LogP contribution in [0.2, 0.25) is 0 Å². The fraction of sp³-hybridized carbons (Fsp3) is 0.333. The van der Waals surface area contributed by atoms with E-state index >= 15 is 0 Å². The number of aromatic nitrogens is 4. The van der Waals surface area contributed by atoms with E-state index in [9.17, 15) is 4.79 Å². The van der Waals surface area contributed by atoms with Crippen molar-refractivity contribution < 1.29 is 9.21 Å². The molecule has 0 saturated carbocycles. The maximum absolute atomic E-state index is 12.3. The molecule has 1 N–H and O–H groups in total. The van der Waals surface area contributed by atoms with Crippen molar-refractivity contribution in [1.29, 1.82) is 0 Å². The number of nitrogens with zero attached hydrogens (tertiary/aromatic N) is 4. The third kappa shape index (κ3) is 3.31. The quantitative estimate of drug-likeness (QED) is 0.786. The molecule has 0 aliphatic carbocycles. The van der Waals surface area contributed by atoms with Crippen LogP contribution in [0.15, 0.2) is 41.0 Å². The van der Waals surface area contributed by atoms with Crippen LogP contribution in [-0.4, -0.2) is 31.7 Å². The van der Waals surface area contributed by atoms with Crippen LogP contribution in [0.5, 0.6) is 0 Å². The number of hydrogen-bond donors (Lipinski definition) is 1. The van der Waals surface area contributed by atoms with Gasteiger partial charge in [-0.25, -0.2) is 4.98 Å². The maximum Gasteiger partial charge on any atom is 0.226 e. The van der Waals surface area contributed by atoms with E-state index in [4.69, 9.17) is 4.42 Å². The van der Waals surface area contributed by atoms with E-state index < -0.39 is 0 Å². The molecule has 0 radical (unpaired) electrons. The summed E-state index contributed by atoms with van der Waals surface area (Å²) in [4.78, 5) is 16.7. The van der Waals surface area contributed by atoms with Crippen molar-refractivity contribution in [1.82, 2.24) is 25.1 Å². The molecule has 2 aromatic heterocycles. The highest BCUT2D eigenvalue weighted by atomic mass is 16.3. The molecule has 7 nitrogen and oxygen atoms in total. The highest BCUT2D eigenvalue weighted by Crippen LogP contribution is 2.18. The fourth-order valence-electron chi connectivity index (χ4n) is 3.12. The Kier molecular flexibility index (Phi) is 4.05. The normalized spacial score (nSPS) is 16.4.